The number of thiophene rings is 1. The van der Waals surface area contributed by atoms with Gasteiger partial charge in [-0.2, -0.15) is 0 Å². The molecule has 0 bridgehead atoms. The van der Waals surface area contributed by atoms with E-state index in [1.807, 2.05) is 25.1 Å². The third kappa shape index (κ3) is 7.41. The fourth-order valence-corrected chi connectivity index (χ4v) is 7.10. The lowest BCUT2D eigenvalue weighted by molar-refractivity contribution is -0.130. The summed E-state index contributed by atoms with van der Waals surface area (Å²) in [7, 11) is 2.11. The van der Waals surface area contributed by atoms with E-state index in [0.717, 1.165) is 42.0 Å². The Balaban J connectivity index is 1.49. The van der Waals surface area contributed by atoms with Crippen LogP contribution in [0.3, 0.4) is 0 Å². The second-order valence-corrected chi connectivity index (χ2v) is 12.8. The normalized spacial score (nSPS) is 18.1. The highest BCUT2D eigenvalue weighted by Crippen LogP contribution is 2.37. The first kappa shape index (κ1) is 31.3. The Bertz CT molecular complexity index is 1310. The number of rotatable bonds is 13. The van der Waals surface area contributed by atoms with Crippen molar-refractivity contribution >= 4 is 27.3 Å². The molecule has 1 saturated carbocycles. The van der Waals surface area contributed by atoms with Gasteiger partial charge in [-0.25, -0.2) is 8.78 Å². The SMILES string of the molecule is C=CC(CC(CC)n1c(C)nnc1C(C)C)N(C)CCC(NC(=O)C1CCC(F)(F)CC1)c1csc2ccccc12. The summed E-state index contributed by atoms with van der Waals surface area (Å²) in [6.45, 7) is 13.4. The topological polar surface area (TPSA) is 63.1 Å². The number of carbonyl (C=O) groups excluding carboxylic acids is 1. The van der Waals surface area contributed by atoms with Crippen molar-refractivity contribution in [1.82, 2.24) is 25.0 Å². The van der Waals surface area contributed by atoms with Gasteiger partial charge in [-0.1, -0.05) is 45.0 Å². The van der Waals surface area contributed by atoms with E-state index in [1.165, 1.54) is 4.70 Å². The van der Waals surface area contributed by atoms with Crippen molar-refractivity contribution in [2.75, 3.05) is 13.6 Å². The summed E-state index contributed by atoms with van der Waals surface area (Å²) in [5, 5.41) is 15.3. The van der Waals surface area contributed by atoms with Gasteiger partial charge >= 0.3 is 0 Å². The molecule has 1 amide bonds. The van der Waals surface area contributed by atoms with Gasteiger partial charge < -0.3 is 9.88 Å². The maximum absolute atomic E-state index is 13.8. The quantitative estimate of drug-likeness (QED) is 0.208. The number of fused-ring (bicyclic) bond motifs is 1. The Morgan fingerprint density at radius 2 is 1.98 bits per heavy atom. The predicted octanol–water partition coefficient (Wildman–Crippen LogP) is 7.83. The van der Waals surface area contributed by atoms with Gasteiger partial charge in [0.05, 0.1) is 6.04 Å². The molecule has 0 aliphatic heterocycles. The highest BCUT2D eigenvalue weighted by atomic mass is 32.1. The number of alkyl halides is 2. The van der Waals surface area contributed by atoms with Gasteiger partial charge in [0, 0.05) is 48.0 Å². The van der Waals surface area contributed by atoms with Gasteiger partial charge in [0.2, 0.25) is 11.8 Å². The van der Waals surface area contributed by atoms with Crippen molar-refractivity contribution in [3.05, 3.63) is 59.5 Å². The summed E-state index contributed by atoms with van der Waals surface area (Å²) in [5.74, 6) is -0.914. The summed E-state index contributed by atoms with van der Waals surface area (Å²) in [4.78, 5) is 15.6. The minimum absolute atomic E-state index is 0.112. The van der Waals surface area contributed by atoms with Gasteiger partial charge in [0.25, 0.3) is 0 Å². The van der Waals surface area contributed by atoms with Crippen LogP contribution in [-0.4, -0.2) is 51.1 Å². The minimum atomic E-state index is -2.65. The first-order valence-corrected chi connectivity index (χ1v) is 15.8. The van der Waals surface area contributed by atoms with Crippen LogP contribution in [0.1, 0.15) is 101 Å². The third-order valence-corrected chi connectivity index (χ3v) is 9.64. The van der Waals surface area contributed by atoms with Crippen molar-refractivity contribution in [1.29, 1.82) is 0 Å². The molecular formula is C32H45F2N5OS. The number of benzene rings is 1. The minimum Gasteiger partial charge on any atom is -0.349 e. The molecule has 1 aliphatic carbocycles. The Labute approximate surface area is 247 Å². The van der Waals surface area contributed by atoms with Gasteiger partial charge in [-0.15, -0.1) is 28.1 Å². The molecule has 1 aromatic carbocycles. The van der Waals surface area contributed by atoms with E-state index in [4.69, 9.17) is 0 Å². The summed E-state index contributed by atoms with van der Waals surface area (Å²) >= 11 is 1.67. The van der Waals surface area contributed by atoms with E-state index in [-0.39, 0.29) is 61.6 Å². The Morgan fingerprint density at radius 3 is 2.63 bits per heavy atom. The number of halogens is 2. The molecule has 0 radical (unpaired) electrons. The van der Waals surface area contributed by atoms with E-state index in [2.05, 4.69) is 76.9 Å². The fourth-order valence-electron chi connectivity index (χ4n) is 6.08. The van der Waals surface area contributed by atoms with Crippen LogP contribution in [-0.2, 0) is 4.79 Å². The second-order valence-electron chi connectivity index (χ2n) is 11.9. The average Bonchev–Trinajstić information content (AvgIpc) is 3.55. The number of likely N-dealkylation sites (N-methyl/N-ethyl adjacent to an activating group) is 1. The zero-order valence-electron chi connectivity index (χ0n) is 25.1. The van der Waals surface area contributed by atoms with E-state index < -0.39 is 5.92 Å². The molecular weight excluding hydrogens is 540 g/mol. The predicted molar refractivity (Wildman–Crippen MR) is 164 cm³/mol. The number of carbonyl (C=O) groups is 1. The summed E-state index contributed by atoms with van der Waals surface area (Å²) < 4.78 is 31.0. The Kier molecular flexibility index (Phi) is 10.3. The van der Waals surface area contributed by atoms with Crippen molar-refractivity contribution < 1.29 is 13.6 Å². The van der Waals surface area contributed by atoms with Gasteiger partial charge in [0.1, 0.15) is 11.6 Å². The van der Waals surface area contributed by atoms with Crippen molar-refractivity contribution in [3.63, 3.8) is 0 Å². The smallest absolute Gasteiger partial charge is 0.248 e. The highest BCUT2D eigenvalue weighted by Gasteiger charge is 2.38. The molecule has 2 aromatic heterocycles. The molecule has 0 saturated heterocycles. The molecule has 3 atom stereocenters. The average molecular weight is 586 g/mol. The van der Waals surface area contributed by atoms with Crippen LogP contribution < -0.4 is 5.32 Å². The van der Waals surface area contributed by atoms with Gasteiger partial charge in [-0.05, 0) is 68.5 Å². The van der Waals surface area contributed by atoms with Crippen LogP contribution in [0.25, 0.3) is 10.1 Å². The van der Waals surface area contributed by atoms with Crippen LogP contribution in [0.4, 0.5) is 8.78 Å². The number of aryl methyl sites for hydroxylation is 1. The van der Waals surface area contributed by atoms with Crippen molar-refractivity contribution in [3.8, 4) is 0 Å². The molecule has 9 heteroatoms. The Morgan fingerprint density at radius 1 is 1.27 bits per heavy atom. The van der Waals surface area contributed by atoms with Crippen molar-refractivity contribution in [2.45, 2.75) is 103 Å². The first-order chi connectivity index (χ1) is 19.5. The van der Waals surface area contributed by atoms with E-state index in [9.17, 15) is 13.6 Å². The molecule has 2 heterocycles. The molecule has 6 nitrogen and oxygen atoms in total. The summed E-state index contributed by atoms with van der Waals surface area (Å²) in [5.41, 5.74) is 1.09. The number of amides is 1. The van der Waals surface area contributed by atoms with Crippen LogP contribution in [0.2, 0.25) is 0 Å². The molecule has 1 N–H and O–H groups in total. The van der Waals surface area contributed by atoms with Crippen LogP contribution in [0.5, 0.6) is 0 Å². The van der Waals surface area contributed by atoms with Gasteiger partial charge in [0.15, 0.2) is 0 Å². The molecule has 41 heavy (non-hydrogen) atoms. The lowest BCUT2D eigenvalue weighted by Crippen LogP contribution is -2.40. The number of hydrogen-bond acceptors (Lipinski definition) is 5. The van der Waals surface area contributed by atoms with E-state index in [1.54, 1.807) is 11.3 Å². The lowest BCUT2D eigenvalue weighted by atomic mass is 9.86. The third-order valence-electron chi connectivity index (χ3n) is 8.66. The maximum atomic E-state index is 13.8. The molecule has 3 aromatic rings. The number of nitrogens with one attached hydrogen (secondary N) is 1. The number of aromatic nitrogens is 3. The number of hydrogen-bond donors (Lipinski definition) is 1. The van der Waals surface area contributed by atoms with E-state index in [0.29, 0.717) is 6.42 Å². The standard InChI is InChI=1S/C32H45F2N5OS/c1-7-24(19-25(8-2)39-22(5)36-37-30(39)21(3)4)38(6)18-15-28(27-20-41-29-12-10-9-11-26(27)29)35-31(40)23-13-16-32(33,34)17-14-23/h7,9-12,20-21,23-25,28H,1,8,13-19H2,2-6H3,(H,35,40). The number of nitrogens with zero attached hydrogens (tertiary/aromatic N) is 4. The molecule has 1 aliphatic rings. The van der Waals surface area contributed by atoms with Crippen LogP contribution >= 0.6 is 11.3 Å². The highest BCUT2D eigenvalue weighted by molar-refractivity contribution is 7.17. The molecule has 3 unspecified atom stereocenters. The van der Waals surface area contributed by atoms with Crippen LogP contribution in [0.15, 0.2) is 42.3 Å². The fraction of sp³-hybridized carbons (Fsp3) is 0.594. The van der Waals surface area contributed by atoms with Gasteiger partial charge in [-0.3, -0.25) is 9.69 Å². The Hall–Kier alpha value is -2.65. The molecule has 224 valence electrons. The zero-order valence-corrected chi connectivity index (χ0v) is 25.9. The molecule has 1 fully saturated rings. The largest absolute Gasteiger partial charge is 0.349 e. The lowest BCUT2D eigenvalue weighted by Gasteiger charge is -2.32. The first-order valence-electron chi connectivity index (χ1n) is 14.9. The zero-order chi connectivity index (χ0) is 29.7. The summed E-state index contributed by atoms with van der Waals surface area (Å²) in [6.07, 6.45) is 4.57. The van der Waals surface area contributed by atoms with Crippen molar-refractivity contribution in [2.24, 2.45) is 5.92 Å². The van der Waals surface area contributed by atoms with Crippen LogP contribution in [0, 0.1) is 12.8 Å². The molecule has 4 rings (SSSR count). The molecule has 0 spiro atoms. The maximum Gasteiger partial charge on any atom is 0.248 e. The monoisotopic (exact) mass is 585 g/mol. The van der Waals surface area contributed by atoms with E-state index >= 15 is 0 Å². The summed E-state index contributed by atoms with van der Waals surface area (Å²) in [6, 6.07) is 8.39. The second kappa shape index (κ2) is 13.6.